The van der Waals surface area contributed by atoms with E-state index >= 15 is 0 Å². The molecule has 0 aromatic carbocycles. The van der Waals surface area contributed by atoms with E-state index < -0.39 is 6.17 Å². The van der Waals surface area contributed by atoms with Crippen molar-refractivity contribution in [1.82, 2.24) is 26.2 Å². The monoisotopic (exact) mass is 848 g/mol. The maximum atomic E-state index is 12.4. The average molecular weight is 848 g/mol. The number of hydrogen-bond donors (Lipinski definition) is 4. The number of carbonyl (C=O) groups is 5. The van der Waals surface area contributed by atoms with Gasteiger partial charge in [-0.2, -0.15) is 0 Å². The molecule has 59 heavy (non-hydrogen) atoms. The molecule has 0 bridgehead atoms. The lowest BCUT2D eigenvalue weighted by atomic mass is 9.91. The second kappa shape index (κ2) is 37.0. The average Bonchev–Trinajstić information content (AvgIpc) is 3.05. The quantitative estimate of drug-likeness (QED) is 0.0969. The summed E-state index contributed by atoms with van der Waals surface area (Å²) in [6.45, 7) is 37.5. The Balaban J connectivity index is -0.000000321. The van der Waals surface area contributed by atoms with Crippen LogP contribution in [0.15, 0.2) is 0 Å². The van der Waals surface area contributed by atoms with E-state index in [1.165, 1.54) is 7.11 Å². The van der Waals surface area contributed by atoms with Gasteiger partial charge in [0.05, 0.1) is 19.7 Å². The van der Waals surface area contributed by atoms with Crippen molar-refractivity contribution in [3.8, 4) is 0 Å². The molecule has 0 saturated carbocycles. The van der Waals surface area contributed by atoms with Gasteiger partial charge in [0.2, 0.25) is 29.5 Å². The third kappa shape index (κ3) is 51.3. The topological polar surface area (TPSA) is 155 Å². The predicted molar refractivity (Wildman–Crippen MR) is 243 cm³/mol. The minimum atomic E-state index is -0.783. The molecule has 0 aliphatic carbocycles. The Hall–Kier alpha value is -2.80. The molecule has 0 atom stereocenters. The molecular weight excluding hydrogens is 754 g/mol. The maximum Gasteiger partial charge on any atom is 0.245 e. The largest absolute Gasteiger partial charge is 0.384 e. The first-order valence-electron chi connectivity index (χ1n) is 22.1. The number of ether oxygens (including phenoxy) is 2. The number of likely N-dealkylation sites (tertiary alicyclic amines) is 1. The van der Waals surface area contributed by atoms with E-state index in [-0.39, 0.29) is 47.0 Å². The summed E-state index contributed by atoms with van der Waals surface area (Å²) in [5.41, 5.74) is -0.241. The number of nitrogens with one attached hydrogen (secondary N) is 4. The molecule has 0 unspecified atom stereocenters. The van der Waals surface area contributed by atoms with Crippen molar-refractivity contribution in [3.63, 3.8) is 0 Å². The number of nitrogens with zero attached hydrogens (tertiary/aromatic N) is 1. The summed E-state index contributed by atoms with van der Waals surface area (Å²) >= 11 is 0. The number of carbonyl (C=O) groups excluding carboxylic acids is 5. The highest BCUT2D eigenvalue weighted by Gasteiger charge is 2.32. The van der Waals surface area contributed by atoms with E-state index in [2.05, 4.69) is 95.2 Å². The third-order valence-corrected chi connectivity index (χ3v) is 8.09. The van der Waals surface area contributed by atoms with Crippen molar-refractivity contribution in [1.29, 1.82) is 0 Å². The minimum Gasteiger partial charge on any atom is -0.384 e. The Bertz CT molecular complexity index is 1080. The molecule has 0 aromatic rings. The van der Waals surface area contributed by atoms with E-state index in [9.17, 15) is 28.4 Å². The number of halogens is 1. The van der Waals surface area contributed by atoms with Crippen LogP contribution in [0.1, 0.15) is 156 Å². The Labute approximate surface area is 361 Å². The maximum absolute atomic E-state index is 12.4. The summed E-state index contributed by atoms with van der Waals surface area (Å²) < 4.78 is 21.8. The summed E-state index contributed by atoms with van der Waals surface area (Å²) in [6, 6.07) is 0. The van der Waals surface area contributed by atoms with Crippen molar-refractivity contribution in [2.24, 2.45) is 40.4 Å². The summed E-state index contributed by atoms with van der Waals surface area (Å²) in [5.74, 6) is 3.53. The molecule has 1 aliphatic heterocycles. The van der Waals surface area contributed by atoms with E-state index in [4.69, 9.17) is 4.74 Å². The summed E-state index contributed by atoms with van der Waals surface area (Å²) in [5, 5.41) is 11.4. The molecule has 1 saturated heterocycles. The van der Waals surface area contributed by atoms with Gasteiger partial charge in [0.1, 0.15) is 12.8 Å². The fraction of sp³-hybridized carbons (Fsp3) is 0.891. The molecule has 13 heteroatoms. The van der Waals surface area contributed by atoms with Gasteiger partial charge < -0.3 is 35.6 Å². The predicted octanol–water partition coefficient (Wildman–Crippen LogP) is 7.97. The van der Waals surface area contributed by atoms with Crippen LogP contribution >= 0.6 is 0 Å². The summed E-state index contributed by atoms with van der Waals surface area (Å²) in [4.78, 5) is 57.2. The van der Waals surface area contributed by atoms with Crippen LogP contribution in [0, 0.1) is 40.4 Å². The van der Waals surface area contributed by atoms with Gasteiger partial charge in [-0.15, -0.1) is 0 Å². The van der Waals surface area contributed by atoms with Gasteiger partial charge in [0, 0.05) is 65.1 Å². The van der Waals surface area contributed by atoms with Crippen LogP contribution in [0.4, 0.5) is 4.39 Å². The third-order valence-electron chi connectivity index (χ3n) is 8.09. The van der Waals surface area contributed by atoms with Crippen molar-refractivity contribution in [2.45, 2.75) is 162 Å². The lowest BCUT2D eigenvalue weighted by molar-refractivity contribution is -0.140. The number of hydrogen-bond acceptors (Lipinski definition) is 7. The molecule has 1 fully saturated rings. The molecule has 12 nitrogen and oxygen atoms in total. The normalized spacial score (nSPS) is 12.5. The van der Waals surface area contributed by atoms with E-state index in [1.54, 1.807) is 12.0 Å². The highest BCUT2D eigenvalue weighted by atomic mass is 19.1. The van der Waals surface area contributed by atoms with Gasteiger partial charge in [-0.05, 0) is 60.7 Å². The Kier molecular flexibility index (Phi) is 39.4. The SMILES string of the molecule is CC(C)(C)CC(=O)N1CC(F)C1.CC(C)CCNC(=O)C(C)(C)C.CC(C)CCNC(=O)CC(C)C.COCC(=O)NCCC(C)C.COCCC(=O)NCCC(C)C. The minimum absolute atomic E-state index is 0.0124. The second-order valence-electron chi connectivity index (χ2n) is 19.7. The smallest absolute Gasteiger partial charge is 0.245 e. The van der Waals surface area contributed by atoms with Crippen LogP contribution in [0.3, 0.4) is 0 Å². The number of rotatable bonds is 20. The van der Waals surface area contributed by atoms with Crippen LogP contribution < -0.4 is 21.3 Å². The fourth-order valence-corrected chi connectivity index (χ4v) is 4.34. The molecular formula is C46H94FN5O7. The van der Waals surface area contributed by atoms with Gasteiger partial charge in [0.15, 0.2) is 0 Å². The zero-order valence-electron chi connectivity index (χ0n) is 41.3. The van der Waals surface area contributed by atoms with Gasteiger partial charge in [0.25, 0.3) is 0 Å². The number of alkyl halides is 1. The van der Waals surface area contributed by atoms with Crippen molar-refractivity contribution < 1.29 is 37.8 Å². The van der Waals surface area contributed by atoms with Crippen LogP contribution in [-0.4, -0.2) is 107 Å². The van der Waals surface area contributed by atoms with Crippen LogP contribution in [-0.2, 0) is 33.4 Å². The van der Waals surface area contributed by atoms with Gasteiger partial charge in [-0.25, -0.2) is 4.39 Å². The van der Waals surface area contributed by atoms with Crippen molar-refractivity contribution >= 4 is 29.5 Å². The standard InChI is InChI=1S/2C10H21NO.C9H16FNO.C9H19NO2.C8H17NO2/c1-8(2)6-7-11-9(12)10(3,4)5;1-8(2)5-6-11-10(12)7-9(3)4;1-9(2,3)4-8(12)11-5-7(10)6-11;1-8(2)4-6-10-9(11)5-7-12-3;1-7(2)4-5-9-8(10)6-11-3/h8H,6-7H2,1-5H3,(H,11,12);8-9H,5-7H2,1-4H3,(H,11,12);7H,4-6H2,1-3H3;8H,4-7H2,1-3H3,(H,10,11);7H,4-6H2,1-3H3,(H,9,10). The highest BCUT2D eigenvalue weighted by molar-refractivity contribution is 5.81. The molecule has 0 radical (unpaired) electrons. The Morgan fingerprint density at radius 2 is 0.983 bits per heavy atom. The highest BCUT2D eigenvalue weighted by Crippen LogP contribution is 2.22. The molecule has 352 valence electrons. The molecule has 0 spiro atoms. The molecule has 0 aromatic heterocycles. The molecule has 1 rings (SSSR count). The Morgan fingerprint density at radius 3 is 1.31 bits per heavy atom. The van der Waals surface area contributed by atoms with Crippen molar-refractivity contribution in [3.05, 3.63) is 0 Å². The first-order valence-corrected chi connectivity index (χ1v) is 22.1. The zero-order chi connectivity index (χ0) is 46.8. The Morgan fingerprint density at radius 1 is 0.593 bits per heavy atom. The molecule has 1 aliphatic rings. The van der Waals surface area contributed by atoms with Crippen molar-refractivity contribution in [2.75, 3.05) is 66.7 Å². The second-order valence-corrected chi connectivity index (χ2v) is 19.7. The van der Waals surface area contributed by atoms with Gasteiger partial charge >= 0.3 is 0 Å². The van der Waals surface area contributed by atoms with Gasteiger partial charge in [-0.3, -0.25) is 24.0 Å². The first-order chi connectivity index (χ1) is 27.1. The lowest BCUT2D eigenvalue weighted by Gasteiger charge is -2.36. The van der Waals surface area contributed by atoms with Gasteiger partial charge in [-0.1, -0.05) is 111 Å². The zero-order valence-corrected chi connectivity index (χ0v) is 41.3. The number of amides is 5. The fourth-order valence-electron chi connectivity index (χ4n) is 4.34. The first kappa shape index (κ1) is 62.8. The van der Waals surface area contributed by atoms with Crippen LogP contribution in [0.5, 0.6) is 0 Å². The summed E-state index contributed by atoms with van der Waals surface area (Å²) in [7, 11) is 3.11. The number of methoxy groups -OCH3 is 2. The van der Waals surface area contributed by atoms with Crippen LogP contribution in [0.25, 0.3) is 0 Å². The molecule has 1 heterocycles. The molecule has 4 N–H and O–H groups in total. The molecule has 5 amide bonds. The van der Waals surface area contributed by atoms with E-state index in [1.807, 2.05) is 41.5 Å². The van der Waals surface area contributed by atoms with Crippen LogP contribution in [0.2, 0.25) is 0 Å². The van der Waals surface area contributed by atoms with E-state index in [0.717, 1.165) is 51.9 Å². The van der Waals surface area contributed by atoms with E-state index in [0.29, 0.717) is 68.5 Å². The lowest BCUT2D eigenvalue weighted by Crippen LogP contribution is -2.52. The summed E-state index contributed by atoms with van der Waals surface area (Å²) in [6.07, 6.45) is 5.04.